The SMILES string of the molecule is CN(Cc1ccc2c(c1)OCO2)C(=O)C1(C)Oc2ccc(Cl)cc2NC1=O. The van der Waals surface area contributed by atoms with Crippen molar-refractivity contribution >= 4 is 29.1 Å². The number of halogens is 1. The maximum atomic E-state index is 13.0. The van der Waals surface area contributed by atoms with Gasteiger partial charge in [-0.2, -0.15) is 0 Å². The second-order valence-corrected chi connectivity index (χ2v) is 7.02. The van der Waals surface area contributed by atoms with Crippen LogP contribution in [-0.2, 0) is 16.1 Å². The van der Waals surface area contributed by atoms with Crippen LogP contribution >= 0.6 is 11.6 Å². The van der Waals surface area contributed by atoms with E-state index in [0.717, 1.165) is 5.56 Å². The van der Waals surface area contributed by atoms with E-state index in [2.05, 4.69) is 5.32 Å². The van der Waals surface area contributed by atoms with Gasteiger partial charge in [0.25, 0.3) is 17.4 Å². The molecule has 1 atom stereocenters. The van der Waals surface area contributed by atoms with Crippen LogP contribution in [0, 0.1) is 0 Å². The van der Waals surface area contributed by atoms with Gasteiger partial charge in [0, 0.05) is 18.6 Å². The summed E-state index contributed by atoms with van der Waals surface area (Å²) in [7, 11) is 1.62. The van der Waals surface area contributed by atoms with Crippen molar-refractivity contribution < 1.29 is 23.8 Å². The van der Waals surface area contributed by atoms with Gasteiger partial charge in [0.2, 0.25) is 6.79 Å². The zero-order valence-electron chi connectivity index (χ0n) is 14.7. The quantitative estimate of drug-likeness (QED) is 0.818. The van der Waals surface area contributed by atoms with Crippen LogP contribution in [0.3, 0.4) is 0 Å². The lowest BCUT2D eigenvalue weighted by molar-refractivity contribution is -0.154. The second-order valence-electron chi connectivity index (χ2n) is 6.58. The van der Waals surface area contributed by atoms with Crippen molar-refractivity contribution in [1.29, 1.82) is 0 Å². The maximum absolute atomic E-state index is 13.0. The predicted molar refractivity (Wildman–Crippen MR) is 98.2 cm³/mol. The molecule has 2 aliphatic heterocycles. The number of nitrogens with zero attached hydrogens (tertiary/aromatic N) is 1. The van der Waals surface area contributed by atoms with Crippen LogP contribution in [0.1, 0.15) is 12.5 Å². The molecular weight excluding hydrogens is 372 g/mol. The summed E-state index contributed by atoms with van der Waals surface area (Å²) < 4.78 is 16.4. The number of hydrogen-bond acceptors (Lipinski definition) is 5. The van der Waals surface area contributed by atoms with Crippen LogP contribution in [0.5, 0.6) is 17.2 Å². The van der Waals surface area contributed by atoms with E-state index in [-0.39, 0.29) is 13.3 Å². The van der Waals surface area contributed by atoms with Crippen LogP contribution in [0.2, 0.25) is 5.02 Å². The van der Waals surface area contributed by atoms with Crippen molar-refractivity contribution in [2.75, 3.05) is 19.2 Å². The Hall–Kier alpha value is -2.93. The van der Waals surface area contributed by atoms with Gasteiger partial charge in [-0.3, -0.25) is 9.59 Å². The third-order valence-corrected chi connectivity index (χ3v) is 4.78. The van der Waals surface area contributed by atoms with Crippen LogP contribution in [0.25, 0.3) is 0 Å². The highest BCUT2D eigenvalue weighted by Crippen LogP contribution is 2.37. The molecule has 1 unspecified atom stereocenters. The van der Waals surface area contributed by atoms with Gasteiger partial charge in [-0.25, -0.2) is 0 Å². The van der Waals surface area contributed by atoms with Crippen molar-refractivity contribution in [3.8, 4) is 17.2 Å². The number of carbonyl (C=O) groups is 2. The largest absolute Gasteiger partial charge is 0.466 e. The number of ether oxygens (including phenoxy) is 3. The lowest BCUT2D eigenvalue weighted by Gasteiger charge is -2.36. The number of carbonyl (C=O) groups excluding carboxylic acids is 2. The molecule has 140 valence electrons. The van der Waals surface area contributed by atoms with Crippen LogP contribution < -0.4 is 19.5 Å². The Kier molecular flexibility index (Phi) is 4.11. The average Bonchev–Trinajstić information content (AvgIpc) is 3.10. The minimum absolute atomic E-state index is 0.184. The maximum Gasteiger partial charge on any atom is 0.278 e. The van der Waals surface area contributed by atoms with Gasteiger partial charge in [-0.15, -0.1) is 0 Å². The summed E-state index contributed by atoms with van der Waals surface area (Å²) in [6.07, 6.45) is 0. The molecule has 8 heteroatoms. The molecule has 2 aromatic rings. The summed E-state index contributed by atoms with van der Waals surface area (Å²) in [4.78, 5) is 27.0. The molecule has 7 nitrogen and oxygen atoms in total. The molecule has 2 aliphatic rings. The van der Waals surface area contributed by atoms with Crippen LogP contribution in [0.15, 0.2) is 36.4 Å². The van der Waals surface area contributed by atoms with Crippen LogP contribution in [0.4, 0.5) is 5.69 Å². The van der Waals surface area contributed by atoms with Gasteiger partial charge < -0.3 is 24.4 Å². The average molecular weight is 389 g/mol. The van der Waals surface area contributed by atoms with Crippen LogP contribution in [-0.4, -0.2) is 36.2 Å². The van der Waals surface area contributed by atoms with Crippen molar-refractivity contribution in [2.45, 2.75) is 19.1 Å². The molecule has 0 fully saturated rings. The highest BCUT2D eigenvalue weighted by molar-refractivity contribution is 6.31. The normalized spacial score (nSPS) is 19.7. The fraction of sp³-hybridized carbons (Fsp3) is 0.263. The van der Waals surface area contributed by atoms with E-state index in [4.69, 9.17) is 25.8 Å². The highest BCUT2D eigenvalue weighted by atomic mass is 35.5. The summed E-state index contributed by atoms with van der Waals surface area (Å²) in [5.41, 5.74) is -0.385. The number of fused-ring (bicyclic) bond motifs is 2. The molecule has 2 aromatic carbocycles. The summed E-state index contributed by atoms with van der Waals surface area (Å²) in [5.74, 6) is 0.700. The Morgan fingerprint density at radius 3 is 2.74 bits per heavy atom. The van der Waals surface area contributed by atoms with E-state index in [1.54, 1.807) is 31.3 Å². The second kappa shape index (κ2) is 6.35. The Balaban J connectivity index is 1.54. The zero-order valence-corrected chi connectivity index (χ0v) is 15.5. The van der Waals surface area contributed by atoms with Gasteiger partial charge in [-0.05, 0) is 42.8 Å². The molecule has 0 bridgehead atoms. The lowest BCUT2D eigenvalue weighted by atomic mass is 10.0. The van der Waals surface area contributed by atoms with Gasteiger partial charge >= 0.3 is 0 Å². The fourth-order valence-electron chi connectivity index (χ4n) is 3.09. The highest BCUT2D eigenvalue weighted by Gasteiger charge is 2.48. The summed E-state index contributed by atoms with van der Waals surface area (Å²) in [6, 6.07) is 10.3. The number of amides is 2. The number of rotatable bonds is 3. The van der Waals surface area contributed by atoms with Crippen molar-refractivity contribution in [2.24, 2.45) is 0 Å². The summed E-state index contributed by atoms with van der Waals surface area (Å²) in [6.45, 7) is 1.93. The minimum atomic E-state index is -1.67. The molecule has 1 N–H and O–H groups in total. The van der Waals surface area contributed by atoms with E-state index in [1.807, 2.05) is 12.1 Å². The topological polar surface area (TPSA) is 77.1 Å². The molecule has 2 heterocycles. The number of hydrogen-bond donors (Lipinski definition) is 1. The molecule has 27 heavy (non-hydrogen) atoms. The Morgan fingerprint density at radius 2 is 1.93 bits per heavy atom. The first-order valence-corrected chi connectivity index (χ1v) is 8.69. The fourth-order valence-corrected chi connectivity index (χ4v) is 3.26. The zero-order chi connectivity index (χ0) is 19.2. The molecule has 4 rings (SSSR count). The van der Waals surface area contributed by atoms with Crippen molar-refractivity contribution in [1.82, 2.24) is 4.90 Å². The van der Waals surface area contributed by atoms with E-state index in [0.29, 0.717) is 28.0 Å². The summed E-state index contributed by atoms with van der Waals surface area (Å²) >= 11 is 5.94. The first kappa shape index (κ1) is 17.5. The lowest BCUT2D eigenvalue weighted by Crippen LogP contribution is -2.58. The first-order chi connectivity index (χ1) is 12.9. The van der Waals surface area contributed by atoms with E-state index in [9.17, 15) is 9.59 Å². The first-order valence-electron chi connectivity index (χ1n) is 8.31. The number of anilines is 1. The molecule has 0 saturated carbocycles. The van der Waals surface area contributed by atoms with Crippen molar-refractivity contribution in [3.63, 3.8) is 0 Å². The number of nitrogens with one attached hydrogen (secondary N) is 1. The molecule has 0 aliphatic carbocycles. The third kappa shape index (κ3) is 3.04. The molecule has 2 amide bonds. The Labute approximate surface area is 160 Å². The predicted octanol–water partition coefficient (Wildman–Crippen LogP) is 2.82. The standard InChI is InChI=1S/C19H17ClN2O5/c1-19(17(23)21-13-8-12(20)4-6-14(13)27-19)18(24)22(2)9-11-3-5-15-16(7-11)26-10-25-15/h3-8H,9-10H2,1-2H3,(H,21,23). The van der Waals surface area contributed by atoms with E-state index >= 15 is 0 Å². The van der Waals surface area contributed by atoms with Gasteiger partial charge in [0.05, 0.1) is 5.69 Å². The number of likely N-dealkylation sites (N-methyl/N-ethyl adjacent to an activating group) is 1. The smallest absolute Gasteiger partial charge is 0.278 e. The van der Waals surface area contributed by atoms with E-state index < -0.39 is 17.4 Å². The Morgan fingerprint density at radius 1 is 1.19 bits per heavy atom. The third-order valence-electron chi connectivity index (χ3n) is 4.55. The van der Waals surface area contributed by atoms with Gasteiger partial charge in [0.1, 0.15) is 5.75 Å². The Bertz CT molecular complexity index is 948. The molecular formula is C19H17ClN2O5. The monoisotopic (exact) mass is 388 g/mol. The van der Waals surface area contributed by atoms with E-state index in [1.165, 1.54) is 11.8 Å². The minimum Gasteiger partial charge on any atom is -0.466 e. The molecule has 0 aromatic heterocycles. The van der Waals surface area contributed by atoms with Crippen molar-refractivity contribution in [3.05, 3.63) is 47.0 Å². The molecule has 0 spiro atoms. The number of benzene rings is 2. The molecule has 0 saturated heterocycles. The van der Waals surface area contributed by atoms with Gasteiger partial charge in [0.15, 0.2) is 11.5 Å². The van der Waals surface area contributed by atoms with Gasteiger partial charge in [-0.1, -0.05) is 17.7 Å². The summed E-state index contributed by atoms with van der Waals surface area (Å²) in [5, 5.41) is 3.16. The molecule has 0 radical (unpaired) electrons.